The van der Waals surface area contributed by atoms with Crippen LogP contribution in [0.3, 0.4) is 0 Å². The second kappa shape index (κ2) is 6.82. The fourth-order valence-electron chi connectivity index (χ4n) is 2.81. The number of nitrogens with one attached hydrogen (secondary N) is 2. The van der Waals surface area contributed by atoms with Crippen molar-refractivity contribution in [3.63, 3.8) is 0 Å². The number of hydrogen-bond donors (Lipinski definition) is 2. The van der Waals surface area contributed by atoms with Gasteiger partial charge in [0.25, 0.3) is 0 Å². The number of urea groups is 1. The molecule has 2 amide bonds. The zero-order chi connectivity index (χ0) is 16.2. The Balaban J connectivity index is 1.53. The number of rotatable bonds is 5. The van der Waals surface area contributed by atoms with Crippen molar-refractivity contribution in [2.45, 2.75) is 38.1 Å². The molecule has 0 aliphatic carbocycles. The highest BCUT2D eigenvalue weighted by molar-refractivity contribution is 5.74. The maximum absolute atomic E-state index is 12.2. The van der Waals surface area contributed by atoms with Gasteiger partial charge in [0.05, 0.1) is 12.6 Å². The van der Waals surface area contributed by atoms with Crippen LogP contribution in [0.1, 0.15) is 25.3 Å². The van der Waals surface area contributed by atoms with Gasteiger partial charge in [-0.25, -0.2) is 9.78 Å². The maximum Gasteiger partial charge on any atom is 0.315 e. The molecule has 1 fully saturated rings. The molecule has 2 N–H and O–H groups in total. The molecule has 3 heterocycles. The first-order valence-corrected chi connectivity index (χ1v) is 7.77. The highest BCUT2D eigenvalue weighted by Crippen LogP contribution is 2.27. The smallest absolute Gasteiger partial charge is 0.315 e. The molecule has 2 aromatic heterocycles. The van der Waals surface area contributed by atoms with Crippen molar-refractivity contribution < 1.29 is 9.53 Å². The number of imidazole rings is 1. The van der Waals surface area contributed by atoms with Gasteiger partial charge in [0.15, 0.2) is 0 Å². The van der Waals surface area contributed by atoms with Gasteiger partial charge in [-0.1, -0.05) is 0 Å². The quantitative estimate of drug-likeness (QED) is 0.855. The van der Waals surface area contributed by atoms with Crippen LogP contribution in [0.25, 0.3) is 0 Å². The lowest BCUT2D eigenvalue weighted by atomic mass is 10.1. The third-order valence-electron chi connectivity index (χ3n) is 3.92. The molecular formula is C15H22N6O2. The molecule has 124 valence electrons. The van der Waals surface area contributed by atoms with Crippen LogP contribution in [0.2, 0.25) is 0 Å². The van der Waals surface area contributed by atoms with Crippen LogP contribution in [-0.4, -0.2) is 44.1 Å². The number of carbonyl (C=O) groups excluding carboxylic acids is 1. The van der Waals surface area contributed by atoms with E-state index in [1.807, 2.05) is 37.0 Å². The first-order chi connectivity index (χ1) is 11.1. The van der Waals surface area contributed by atoms with E-state index in [2.05, 4.69) is 20.7 Å². The molecule has 23 heavy (non-hydrogen) atoms. The summed E-state index contributed by atoms with van der Waals surface area (Å²) in [6.07, 6.45) is 7.78. The first kappa shape index (κ1) is 15.5. The summed E-state index contributed by atoms with van der Waals surface area (Å²) in [6, 6.07) is 1.57. The predicted octanol–water partition coefficient (Wildman–Crippen LogP) is 0.834. The summed E-state index contributed by atoms with van der Waals surface area (Å²) in [5, 5.41) is 10.1. The van der Waals surface area contributed by atoms with Crippen LogP contribution in [0.15, 0.2) is 30.9 Å². The molecule has 1 aliphatic heterocycles. The SMILES string of the molecule is C[C@H](Cn1cccn1)NC(=O)N[C@H]1CCO[C@@H]1c1nccn1C. The summed E-state index contributed by atoms with van der Waals surface area (Å²) >= 11 is 0. The highest BCUT2D eigenvalue weighted by Gasteiger charge is 2.33. The summed E-state index contributed by atoms with van der Waals surface area (Å²) in [6.45, 7) is 3.19. The van der Waals surface area contributed by atoms with Crippen LogP contribution < -0.4 is 10.6 Å². The summed E-state index contributed by atoms with van der Waals surface area (Å²) in [5.74, 6) is 0.831. The molecule has 3 rings (SSSR count). The Hall–Kier alpha value is -2.35. The van der Waals surface area contributed by atoms with Crippen molar-refractivity contribution in [1.82, 2.24) is 30.0 Å². The predicted molar refractivity (Wildman–Crippen MR) is 83.7 cm³/mol. The van der Waals surface area contributed by atoms with Crippen LogP contribution in [0.4, 0.5) is 4.79 Å². The van der Waals surface area contributed by atoms with Crippen molar-refractivity contribution in [2.75, 3.05) is 6.61 Å². The second-order valence-corrected chi connectivity index (χ2v) is 5.83. The number of aromatic nitrogens is 4. The lowest BCUT2D eigenvalue weighted by molar-refractivity contribution is 0.0907. The molecule has 1 aliphatic rings. The summed E-state index contributed by atoms with van der Waals surface area (Å²) < 4.78 is 9.45. The van der Waals surface area contributed by atoms with E-state index >= 15 is 0 Å². The zero-order valence-electron chi connectivity index (χ0n) is 13.3. The fraction of sp³-hybridized carbons (Fsp3) is 0.533. The normalized spacial score (nSPS) is 22.0. The van der Waals surface area contributed by atoms with E-state index in [0.717, 1.165) is 12.2 Å². The molecule has 0 aromatic carbocycles. The van der Waals surface area contributed by atoms with Gasteiger partial charge in [0.2, 0.25) is 0 Å². The van der Waals surface area contributed by atoms with Crippen molar-refractivity contribution in [3.05, 3.63) is 36.7 Å². The summed E-state index contributed by atoms with van der Waals surface area (Å²) in [7, 11) is 1.92. The minimum atomic E-state index is -0.206. The Morgan fingerprint density at radius 2 is 2.35 bits per heavy atom. The zero-order valence-corrected chi connectivity index (χ0v) is 13.3. The molecule has 0 spiro atoms. The number of carbonyl (C=O) groups is 1. The number of ether oxygens (including phenoxy) is 1. The van der Waals surface area contributed by atoms with Crippen molar-refractivity contribution in [2.24, 2.45) is 7.05 Å². The van der Waals surface area contributed by atoms with Crippen LogP contribution in [0.5, 0.6) is 0 Å². The van der Waals surface area contributed by atoms with Gasteiger partial charge in [-0.3, -0.25) is 4.68 Å². The number of nitrogens with zero attached hydrogens (tertiary/aromatic N) is 4. The van der Waals surface area contributed by atoms with E-state index in [1.54, 1.807) is 17.1 Å². The average molecular weight is 318 g/mol. The van der Waals surface area contributed by atoms with Crippen LogP contribution in [0, 0.1) is 0 Å². The van der Waals surface area contributed by atoms with Gasteiger partial charge in [-0.05, 0) is 19.4 Å². The minimum absolute atomic E-state index is 0.0242. The minimum Gasteiger partial charge on any atom is -0.368 e. The Morgan fingerprint density at radius 3 is 3.04 bits per heavy atom. The highest BCUT2D eigenvalue weighted by atomic mass is 16.5. The van der Waals surface area contributed by atoms with Gasteiger partial charge in [0.1, 0.15) is 11.9 Å². The van der Waals surface area contributed by atoms with E-state index in [0.29, 0.717) is 13.2 Å². The number of hydrogen-bond acceptors (Lipinski definition) is 4. The van der Waals surface area contributed by atoms with E-state index in [4.69, 9.17) is 4.74 Å². The second-order valence-electron chi connectivity index (χ2n) is 5.83. The molecule has 2 aromatic rings. The Morgan fingerprint density at radius 1 is 1.48 bits per heavy atom. The van der Waals surface area contributed by atoms with Gasteiger partial charge in [-0.2, -0.15) is 5.10 Å². The molecule has 0 unspecified atom stereocenters. The summed E-state index contributed by atoms with van der Waals surface area (Å²) in [4.78, 5) is 16.5. The van der Waals surface area contributed by atoms with Crippen LogP contribution in [-0.2, 0) is 18.3 Å². The molecule has 0 radical (unpaired) electrons. The largest absolute Gasteiger partial charge is 0.368 e. The molecule has 8 heteroatoms. The van der Waals surface area contributed by atoms with Gasteiger partial charge in [0, 0.05) is 44.5 Å². The Bertz CT molecular complexity index is 638. The summed E-state index contributed by atoms with van der Waals surface area (Å²) in [5.41, 5.74) is 0. The van der Waals surface area contributed by atoms with E-state index < -0.39 is 0 Å². The molecule has 8 nitrogen and oxygen atoms in total. The van der Waals surface area contributed by atoms with E-state index in [9.17, 15) is 4.79 Å². The van der Waals surface area contributed by atoms with Crippen molar-refractivity contribution >= 4 is 6.03 Å². The van der Waals surface area contributed by atoms with Gasteiger partial charge in [-0.15, -0.1) is 0 Å². The van der Waals surface area contributed by atoms with Crippen molar-refractivity contribution in [1.29, 1.82) is 0 Å². The maximum atomic E-state index is 12.2. The molecule has 3 atom stereocenters. The topological polar surface area (TPSA) is 86.0 Å². The van der Waals surface area contributed by atoms with Crippen molar-refractivity contribution in [3.8, 4) is 0 Å². The third-order valence-corrected chi connectivity index (χ3v) is 3.92. The van der Waals surface area contributed by atoms with E-state index in [1.165, 1.54) is 0 Å². The average Bonchev–Trinajstić information content (AvgIpc) is 3.21. The number of amides is 2. The Labute approximate surface area is 134 Å². The van der Waals surface area contributed by atoms with Gasteiger partial charge >= 0.3 is 6.03 Å². The Kier molecular flexibility index (Phi) is 4.61. The van der Waals surface area contributed by atoms with E-state index in [-0.39, 0.29) is 24.2 Å². The molecule has 0 bridgehead atoms. The number of aryl methyl sites for hydroxylation is 1. The van der Waals surface area contributed by atoms with Crippen LogP contribution >= 0.6 is 0 Å². The first-order valence-electron chi connectivity index (χ1n) is 7.77. The lowest BCUT2D eigenvalue weighted by Gasteiger charge is -2.21. The van der Waals surface area contributed by atoms with Gasteiger partial charge < -0.3 is 19.9 Å². The lowest BCUT2D eigenvalue weighted by Crippen LogP contribution is -2.47. The fourth-order valence-corrected chi connectivity index (χ4v) is 2.81. The molecule has 0 saturated carbocycles. The third kappa shape index (κ3) is 3.70. The molecular weight excluding hydrogens is 296 g/mol. The monoisotopic (exact) mass is 318 g/mol. The molecule has 1 saturated heterocycles. The standard InChI is InChI=1S/C15H22N6O2/c1-11(10-21-7-3-5-17-21)18-15(22)19-12-4-9-23-13(12)14-16-6-8-20(14)2/h3,5-8,11-13H,4,9-10H2,1-2H3,(H2,18,19,22)/t11-,12+,13+/m1/s1.